The molecule has 19 heavy (non-hydrogen) atoms. The molecule has 1 aromatic heterocycles. The Morgan fingerprint density at radius 3 is 3.00 bits per heavy atom. The lowest BCUT2D eigenvalue weighted by molar-refractivity contribution is 0.00895. The molecule has 1 fully saturated rings. The fourth-order valence-electron chi connectivity index (χ4n) is 1.87. The Morgan fingerprint density at radius 1 is 1.63 bits per heavy atom. The van der Waals surface area contributed by atoms with Crippen LogP contribution in [0.4, 0.5) is 0 Å². The molecule has 0 spiro atoms. The summed E-state index contributed by atoms with van der Waals surface area (Å²) in [6.45, 7) is 5.35. The van der Waals surface area contributed by atoms with Gasteiger partial charge >= 0.3 is 0 Å². The Bertz CT molecular complexity index is 489. The number of carbonyl (C=O) groups is 1. The maximum Gasteiger partial charge on any atom is 0.267 e. The molecule has 0 aromatic carbocycles. The van der Waals surface area contributed by atoms with Crippen LogP contribution >= 0.6 is 23.8 Å². The minimum absolute atomic E-state index is 0.0664. The second-order valence-corrected chi connectivity index (χ2v) is 5.88. The molecular formula is C11H16N4O2S2. The van der Waals surface area contributed by atoms with E-state index in [2.05, 4.69) is 9.59 Å². The number of hydrogen-bond donors (Lipinski definition) is 1. The summed E-state index contributed by atoms with van der Waals surface area (Å²) in [5.74, 6) is 0.105. The molecule has 6 nitrogen and oxygen atoms in total. The van der Waals surface area contributed by atoms with Crippen molar-refractivity contribution in [2.45, 2.75) is 25.9 Å². The largest absolute Gasteiger partial charge is 0.391 e. The van der Waals surface area contributed by atoms with Crippen LogP contribution in [0.1, 0.15) is 35.1 Å². The predicted molar refractivity (Wildman–Crippen MR) is 76.4 cm³/mol. The third-order valence-electron chi connectivity index (χ3n) is 2.93. The summed E-state index contributed by atoms with van der Waals surface area (Å²) in [6, 6.07) is 0. The number of ether oxygens (including phenoxy) is 1. The average molecular weight is 300 g/mol. The van der Waals surface area contributed by atoms with E-state index in [-0.39, 0.29) is 22.9 Å². The number of nitrogens with zero attached hydrogens (tertiary/aromatic N) is 3. The van der Waals surface area contributed by atoms with Crippen molar-refractivity contribution in [2.24, 2.45) is 5.73 Å². The Hall–Kier alpha value is -1.12. The van der Waals surface area contributed by atoms with E-state index in [0.717, 1.165) is 17.2 Å². The Balaban J connectivity index is 2.15. The standard InChI is InChI=1S/C11H16N4O2S2/c1-6(2)8-9(19-14-13-8)11(16)15-3-4-17-7(5-15)10(12)18/h6-7H,3-5H2,1-2H3,(H2,12,18). The second-order valence-electron chi connectivity index (χ2n) is 4.65. The minimum atomic E-state index is -0.365. The molecule has 8 heteroatoms. The minimum Gasteiger partial charge on any atom is -0.391 e. The molecule has 2 heterocycles. The van der Waals surface area contributed by atoms with Crippen molar-refractivity contribution in [3.8, 4) is 0 Å². The first kappa shape index (κ1) is 14.3. The highest BCUT2D eigenvalue weighted by atomic mass is 32.1. The average Bonchev–Trinajstić information content (AvgIpc) is 2.87. The van der Waals surface area contributed by atoms with Crippen LogP contribution in [-0.4, -0.2) is 51.2 Å². The van der Waals surface area contributed by atoms with Crippen molar-refractivity contribution in [3.63, 3.8) is 0 Å². The van der Waals surface area contributed by atoms with Crippen molar-refractivity contribution in [2.75, 3.05) is 19.7 Å². The summed E-state index contributed by atoms with van der Waals surface area (Å²) < 4.78 is 9.30. The van der Waals surface area contributed by atoms with Crippen molar-refractivity contribution in [1.29, 1.82) is 0 Å². The number of amides is 1. The van der Waals surface area contributed by atoms with E-state index in [4.69, 9.17) is 22.7 Å². The summed E-state index contributed by atoms with van der Waals surface area (Å²) >= 11 is 6.05. The zero-order valence-electron chi connectivity index (χ0n) is 10.8. The highest BCUT2D eigenvalue weighted by molar-refractivity contribution is 7.80. The fraction of sp³-hybridized carbons (Fsp3) is 0.636. The first-order valence-corrected chi connectivity index (χ1v) is 7.21. The van der Waals surface area contributed by atoms with Gasteiger partial charge in [0.15, 0.2) is 0 Å². The molecule has 0 radical (unpaired) electrons. The quantitative estimate of drug-likeness (QED) is 0.831. The summed E-state index contributed by atoms with van der Waals surface area (Å²) in [4.78, 5) is 15.1. The Labute approximate surface area is 121 Å². The van der Waals surface area contributed by atoms with E-state index in [1.165, 1.54) is 0 Å². The zero-order chi connectivity index (χ0) is 14.0. The lowest BCUT2D eigenvalue weighted by Crippen LogP contribution is -2.49. The summed E-state index contributed by atoms with van der Waals surface area (Å²) in [5, 5.41) is 4.03. The van der Waals surface area contributed by atoms with Gasteiger partial charge < -0.3 is 15.4 Å². The summed E-state index contributed by atoms with van der Waals surface area (Å²) in [7, 11) is 0. The van der Waals surface area contributed by atoms with Crippen LogP contribution in [0.3, 0.4) is 0 Å². The van der Waals surface area contributed by atoms with E-state index in [1.54, 1.807) is 4.90 Å². The molecule has 1 amide bonds. The van der Waals surface area contributed by atoms with Gasteiger partial charge in [-0.1, -0.05) is 30.6 Å². The molecule has 1 unspecified atom stereocenters. The van der Waals surface area contributed by atoms with Gasteiger partial charge in [0.25, 0.3) is 5.91 Å². The van der Waals surface area contributed by atoms with Crippen LogP contribution in [0.5, 0.6) is 0 Å². The monoisotopic (exact) mass is 300 g/mol. The highest BCUT2D eigenvalue weighted by Crippen LogP contribution is 2.22. The predicted octanol–water partition coefficient (Wildman–Crippen LogP) is 0.789. The molecule has 104 valence electrons. The van der Waals surface area contributed by atoms with E-state index in [0.29, 0.717) is 24.6 Å². The van der Waals surface area contributed by atoms with E-state index < -0.39 is 0 Å². The number of rotatable bonds is 3. The highest BCUT2D eigenvalue weighted by Gasteiger charge is 2.29. The maximum atomic E-state index is 12.5. The Morgan fingerprint density at radius 2 is 2.37 bits per heavy atom. The van der Waals surface area contributed by atoms with Crippen molar-refractivity contribution in [1.82, 2.24) is 14.5 Å². The molecule has 1 aliphatic heterocycles. The number of carbonyl (C=O) groups excluding carboxylic acids is 1. The first-order valence-electron chi connectivity index (χ1n) is 6.03. The van der Waals surface area contributed by atoms with Crippen molar-refractivity contribution >= 4 is 34.6 Å². The number of morpholine rings is 1. The molecule has 0 bridgehead atoms. The van der Waals surface area contributed by atoms with Gasteiger partial charge in [-0.3, -0.25) is 4.79 Å². The van der Waals surface area contributed by atoms with Crippen LogP contribution < -0.4 is 5.73 Å². The van der Waals surface area contributed by atoms with Crippen molar-refractivity contribution in [3.05, 3.63) is 10.6 Å². The first-order chi connectivity index (χ1) is 9.00. The smallest absolute Gasteiger partial charge is 0.267 e. The van der Waals surface area contributed by atoms with E-state index in [1.807, 2.05) is 13.8 Å². The summed E-state index contributed by atoms with van der Waals surface area (Å²) in [6.07, 6.45) is -0.365. The lowest BCUT2D eigenvalue weighted by atomic mass is 10.1. The molecule has 2 N–H and O–H groups in total. The fourth-order valence-corrected chi connectivity index (χ4v) is 2.80. The van der Waals surface area contributed by atoms with Crippen LogP contribution in [-0.2, 0) is 4.74 Å². The number of aromatic nitrogens is 2. The van der Waals surface area contributed by atoms with Gasteiger partial charge in [-0.05, 0) is 17.5 Å². The van der Waals surface area contributed by atoms with E-state index >= 15 is 0 Å². The second kappa shape index (κ2) is 5.89. The molecule has 1 saturated heterocycles. The molecule has 0 aliphatic carbocycles. The van der Waals surface area contributed by atoms with Crippen LogP contribution in [0.15, 0.2) is 0 Å². The van der Waals surface area contributed by atoms with Gasteiger partial charge in [-0.15, -0.1) is 5.10 Å². The third kappa shape index (κ3) is 3.07. The SMILES string of the molecule is CC(C)c1nnsc1C(=O)N1CCOC(C(N)=S)C1. The molecular weight excluding hydrogens is 284 g/mol. The number of nitrogens with two attached hydrogens (primary N) is 1. The van der Waals surface area contributed by atoms with Gasteiger partial charge in [0.05, 0.1) is 18.8 Å². The van der Waals surface area contributed by atoms with Crippen LogP contribution in [0.2, 0.25) is 0 Å². The normalized spacial score (nSPS) is 19.7. The van der Waals surface area contributed by atoms with Gasteiger partial charge in [0.2, 0.25) is 0 Å². The third-order valence-corrected chi connectivity index (χ3v) is 3.92. The lowest BCUT2D eigenvalue weighted by Gasteiger charge is -2.32. The topological polar surface area (TPSA) is 81.3 Å². The molecule has 1 aliphatic rings. The molecule has 2 rings (SSSR count). The van der Waals surface area contributed by atoms with Crippen LogP contribution in [0.25, 0.3) is 0 Å². The number of thiocarbonyl (C=S) groups is 1. The van der Waals surface area contributed by atoms with Gasteiger partial charge in [0, 0.05) is 6.54 Å². The summed E-state index contributed by atoms with van der Waals surface area (Å²) in [5.41, 5.74) is 6.32. The van der Waals surface area contributed by atoms with Crippen molar-refractivity contribution < 1.29 is 9.53 Å². The molecule has 1 aromatic rings. The maximum absolute atomic E-state index is 12.5. The van der Waals surface area contributed by atoms with Crippen LogP contribution in [0, 0.1) is 0 Å². The zero-order valence-corrected chi connectivity index (χ0v) is 12.5. The molecule has 1 atom stereocenters. The van der Waals surface area contributed by atoms with Gasteiger partial charge in [0.1, 0.15) is 16.0 Å². The molecule has 0 saturated carbocycles. The van der Waals surface area contributed by atoms with Gasteiger partial charge in [-0.2, -0.15) is 0 Å². The van der Waals surface area contributed by atoms with Gasteiger partial charge in [-0.25, -0.2) is 0 Å². The Kier molecular flexibility index (Phi) is 4.43. The van der Waals surface area contributed by atoms with E-state index in [9.17, 15) is 4.79 Å². The number of hydrogen-bond acceptors (Lipinski definition) is 6.